The third-order valence-electron chi connectivity index (χ3n) is 5.01. The first-order valence-corrected chi connectivity index (χ1v) is 11.0. The molecule has 0 radical (unpaired) electrons. The molecule has 0 aliphatic heterocycles. The Morgan fingerprint density at radius 1 is 0.731 bits per heavy atom. The van der Waals surface area contributed by atoms with Crippen LogP contribution in [-0.4, -0.2) is 23.0 Å². The van der Waals surface area contributed by atoms with Gasteiger partial charge >= 0.3 is 5.97 Å². The Morgan fingerprint density at radius 3 is 1.46 bits per heavy atom. The fourth-order valence-corrected chi connectivity index (χ4v) is 3.24. The minimum atomic E-state index is -0.950. The molecular formula is C22H43NO3. The van der Waals surface area contributed by atoms with Gasteiger partial charge in [0.15, 0.2) is 0 Å². The number of hydrogen-bond acceptors (Lipinski definition) is 2. The topological polar surface area (TPSA) is 66.4 Å². The number of rotatable bonds is 18. The van der Waals surface area contributed by atoms with Gasteiger partial charge in [-0.3, -0.25) is 4.79 Å². The molecule has 0 saturated carbocycles. The minimum Gasteiger partial charge on any atom is -0.480 e. The number of amides is 1. The van der Waals surface area contributed by atoms with Crippen LogP contribution in [0.4, 0.5) is 0 Å². The Morgan fingerprint density at radius 2 is 1.12 bits per heavy atom. The molecule has 0 aromatic rings. The standard InChI is InChI=1S/C22H43NO3/c1-4-5-6-7-8-9-10-11-12-13-14-15-16-17-18-20(24)23-21(19(2)3)22(25)26/h19,21H,4-18H2,1-3H3,(H,23,24)(H,25,26)/t21-/m1/s1. The molecule has 4 nitrogen and oxygen atoms in total. The third-order valence-corrected chi connectivity index (χ3v) is 5.01. The summed E-state index contributed by atoms with van der Waals surface area (Å²) < 4.78 is 0. The summed E-state index contributed by atoms with van der Waals surface area (Å²) in [5, 5.41) is 11.7. The third kappa shape index (κ3) is 15.2. The van der Waals surface area contributed by atoms with Crippen LogP contribution in [0.2, 0.25) is 0 Å². The van der Waals surface area contributed by atoms with Gasteiger partial charge in [-0.2, -0.15) is 0 Å². The van der Waals surface area contributed by atoms with Gasteiger partial charge in [-0.05, 0) is 12.3 Å². The first-order valence-electron chi connectivity index (χ1n) is 11.0. The Balaban J connectivity index is 3.38. The second-order valence-corrected chi connectivity index (χ2v) is 7.97. The van der Waals surface area contributed by atoms with Crippen LogP contribution in [0.5, 0.6) is 0 Å². The summed E-state index contributed by atoms with van der Waals surface area (Å²) in [7, 11) is 0. The predicted molar refractivity (Wildman–Crippen MR) is 109 cm³/mol. The van der Waals surface area contributed by atoms with Crippen LogP contribution in [0, 0.1) is 5.92 Å². The first-order chi connectivity index (χ1) is 12.5. The van der Waals surface area contributed by atoms with E-state index in [-0.39, 0.29) is 11.8 Å². The molecule has 0 aliphatic carbocycles. The van der Waals surface area contributed by atoms with Crippen molar-refractivity contribution in [1.82, 2.24) is 5.32 Å². The molecule has 154 valence electrons. The number of unbranched alkanes of at least 4 members (excludes halogenated alkanes) is 13. The first kappa shape index (κ1) is 24.9. The Hall–Kier alpha value is -1.06. The quantitative estimate of drug-likeness (QED) is 0.288. The van der Waals surface area contributed by atoms with Crippen LogP contribution in [0.25, 0.3) is 0 Å². The van der Waals surface area contributed by atoms with Crippen LogP contribution in [0.15, 0.2) is 0 Å². The molecule has 0 saturated heterocycles. The van der Waals surface area contributed by atoms with Gasteiger partial charge in [-0.1, -0.05) is 104 Å². The van der Waals surface area contributed by atoms with Crippen molar-refractivity contribution >= 4 is 11.9 Å². The van der Waals surface area contributed by atoms with Gasteiger partial charge in [0.25, 0.3) is 0 Å². The van der Waals surface area contributed by atoms with Gasteiger partial charge in [0, 0.05) is 6.42 Å². The van der Waals surface area contributed by atoms with Crippen LogP contribution < -0.4 is 5.32 Å². The van der Waals surface area contributed by atoms with Gasteiger partial charge in [-0.25, -0.2) is 4.79 Å². The molecule has 0 heterocycles. The molecule has 1 atom stereocenters. The van der Waals surface area contributed by atoms with E-state index in [4.69, 9.17) is 5.11 Å². The van der Waals surface area contributed by atoms with Crippen LogP contribution in [0.1, 0.15) is 117 Å². The Bertz CT molecular complexity index is 355. The second kappa shape index (κ2) is 17.4. The number of hydrogen-bond donors (Lipinski definition) is 2. The molecule has 0 fully saturated rings. The summed E-state index contributed by atoms with van der Waals surface area (Å²) in [4.78, 5) is 22.9. The Labute approximate surface area is 161 Å². The molecular weight excluding hydrogens is 326 g/mol. The normalized spacial score (nSPS) is 12.3. The van der Waals surface area contributed by atoms with Crippen molar-refractivity contribution in [2.75, 3.05) is 0 Å². The molecule has 4 heteroatoms. The fraction of sp³-hybridized carbons (Fsp3) is 0.909. The predicted octanol–water partition coefficient (Wildman–Crippen LogP) is 6.08. The van der Waals surface area contributed by atoms with E-state index in [9.17, 15) is 9.59 Å². The molecule has 26 heavy (non-hydrogen) atoms. The summed E-state index contributed by atoms with van der Waals surface area (Å²) in [6.45, 7) is 5.88. The number of aliphatic carboxylic acids is 1. The highest BCUT2D eigenvalue weighted by atomic mass is 16.4. The van der Waals surface area contributed by atoms with Gasteiger partial charge in [0.05, 0.1) is 0 Å². The lowest BCUT2D eigenvalue weighted by atomic mass is 10.0. The summed E-state index contributed by atoms with van der Waals surface area (Å²) in [6.07, 6.45) is 18.5. The molecule has 0 aliphatic rings. The van der Waals surface area contributed by atoms with Gasteiger partial charge in [-0.15, -0.1) is 0 Å². The number of carbonyl (C=O) groups excluding carboxylic acids is 1. The summed E-state index contributed by atoms with van der Waals surface area (Å²) in [5.41, 5.74) is 0. The number of carboxylic acids is 1. The number of nitrogens with one attached hydrogen (secondary N) is 1. The van der Waals surface area contributed by atoms with E-state index in [1.165, 1.54) is 77.0 Å². The van der Waals surface area contributed by atoms with Crippen LogP contribution >= 0.6 is 0 Å². The molecule has 0 rings (SSSR count). The monoisotopic (exact) mass is 369 g/mol. The van der Waals surface area contributed by atoms with Crippen molar-refractivity contribution < 1.29 is 14.7 Å². The van der Waals surface area contributed by atoms with Gasteiger partial charge in [0.2, 0.25) is 5.91 Å². The number of carboxylic acid groups (broad SMARTS) is 1. The van der Waals surface area contributed by atoms with Crippen molar-refractivity contribution in [1.29, 1.82) is 0 Å². The molecule has 2 N–H and O–H groups in total. The van der Waals surface area contributed by atoms with Crippen LogP contribution in [0.3, 0.4) is 0 Å². The molecule has 1 amide bonds. The Kier molecular flexibility index (Phi) is 16.7. The zero-order valence-corrected chi connectivity index (χ0v) is 17.5. The molecule has 0 bridgehead atoms. The lowest BCUT2D eigenvalue weighted by molar-refractivity contribution is -0.143. The van der Waals surface area contributed by atoms with E-state index in [1.807, 2.05) is 13.8 Å². The lowest BCUT2D eigenvalue weighted by Crippen LogP contribution is -2.44. The van der Waals surface area contributed by atoms with Gasteiger partial charge in [0.1, 0.15) is 6.04 Å². The second-order valence-electron chi connectivity index (χ2n) is 7.97. The highest BCUT2D eigenvalue weighted by Gasteiger charge is 2.22. The molecule has 0 spiro atoms. The summed E-state index contributed by atoms with van der Waals surface area (Å²) in [5.74, 6) is -1.17. The fourth-order valence-electron chi connectivity index (χ4n) is 3.24. The number of carbonyl (C=O) groups is 2. The maximum atomic E-state index is 11.8. The smallest absolute Gasteiger partial charge is 0.326 e. The maximum absolute atomic E-state index is 11.8. The molecule has 0 aromatic heterocycles. The zero-order valence-electron chi connectivity index (χ0n) is 17.5. The van der Waals surface area contributed by atoms with E-state index in [0.717, 1.165) is 12.8 Å². The van der Waals surface area contributed by atoms with Crippen molar-refractivity contribution in [3.63, 3.8) is 0 Å². The maximum Gasteiger partial charge on any atom is 0.326 e. The van der Waals surface area contributed by atoms with E-state index in [0.29, 0.717) is 6.42 Å². The van der Waals surface area contributed by atoms with E-state index in [2.05, 4.69) is 12.2 Å². The highest BCUT2D eigenvalue weighted by molar-refractivity contribution is 5.83. The van der Waals surface area contributed by atoms with E-state index < -0.39 is 12.0 Å². The van der Waals surface area contributed by atoms with Crippen molar-refractivity contribution in [2.24, 2.45) is 5.92 Å². The van der Waals surface area contributed by atoms with E-state index in [1.54, 1.807) is 0 Å². The molecule has 0 unspecified atom stereocenters. The largest absolute Gasteiger partial charge is 0.480 e. The summed E-state index contributed by atoms with van der Waals surface area (Å²) in [6, 6.07) is -0.769. The van der Waals surface area contributed by atoms with Crippen molar-refractivity contribution in [3.05, 3.63) is 0 Å². The van der Waals surface area contributed by atoms with Crippen molar-refractivity contribution in [2.45, 2.75) is 123 Å². The zero-order chi connectivity index (χ0) is 19.6. The minimum absolute atomic E-state index is 0.0900. The SMILES string of the molecule is CCCCCCCCCCCCCCCCC(=O)N[C@@H](C(=O)O)C(C)C. The average molecular weight is 370 g/mol. The molecule has 0 aromatic carbocycles. The van der Waals surface area contributed by atoms with Crippen molar-refractivity contribution in [3.8, 4) is 0 Å². The lowest BCUT2D eigenvalue weighted by Gasteiger charge is -2.17. The van der Waals surface area contributed by atoms with Gasteiger partial charge < -0.3 is 10.4 Å². The summed E-state index contributed by atoms with van der Waals surface area (Å²) >= 11 is 0. The van der Waals surface area contributed by atoms with Crippen LogP contribution in [-0.2, 0) is 9.59 Å². The van der Waals surface area contributed by atoms with E-state index >= 15 is 0 Å². The highest BCUT2D eigenvalue weighted by Crippen LogP contribution is 2.13. The average Bonchev–Trinajstić information content (AvgIpc) is 2.59.